The van der Waals surface area contributed by atoms with E-state index < -0.39 is 0 Å². The van der Waals surface area contributed by atoms with Crippen LogP contribution < -0.4 is 10.1 Å². The molecule has 0 saturated carbocycles. The minimum absolute atomic E-state index is 0.104. The van der Waals surface area contributed by atoms with Gasteiger partial charge in [-0.2, -0.15) is 0 Å². The van der Waals surface area contributed by atoms with Crippen LogP contribution in [-0.4, -0.2) is 12.1 Å². The SMILES string of the molecule is CC(C)(C)[C@@H]1CCc2c(sc(N=Cc3cc(I)c(OCc4ccccc4Cl)c(I)c3)c2C(=O)NCc2ccco2)C1. The highest BCUT2D eigenvalue weighted by Crippen LogP contribution is 2.45. The Balaban J connectivity index is 1.40. The number of hydrogen-bond donors (Lipinski definition) is 1. The molecule has 5 rings (SSSR count). The molecule has 4 aromatic rings. The first-order valence-electron chi connectivity index (χ1n) is 13.4. The molecule has 0 fully saturated rings. The Morgan fingerprint density at radius 2 is 1.95 bits per heavy atom. The van der Waals surface area contributed by atoms with E-state index >= 15 is 0 Å². The molecular weight excluding hydrogens is 782 g/mol. The molecule has 41 heavy (non-hydrogen) atoms. The number of fused-ring (bicyclic) bond motifs is 1. The highest BCUT2D eigenvalue weighted by Gasteiger charge is 2.33. The number of benzene rings is 2. The third-order valence-electron chi connectivity index (χ3n) is 7.38. The molecule has 1 N–H and O–H groups in total. The first kappa shape index (κ1) is 30.6. The quantitative estimate of drug-likeness (QED) is 0.143. The molecule has 214 valence electrons. The minimum atomic E-state index is -0.104. The molecule has 1 amide bonds. The van der Waals surface area contributed by atoms with Crippen molar-refractivity contribution in [1.29, 1.82) is 0 Å². The normalized spacial score (nSPS) is 15.2. The van der Waals surface area contributed by atoms with Gasteiger partial charge in [0, 0.05) is 21.7 Å². The van der Waals surface area contributed by atoms with E-state index in [1.165, 1.54) is 4.88 Å². The van der Waals surface area contributed by atoms with Crippen LogP contribution in [0.2, 0.25) is 5.02 Å². The van der Waals surface area contributed by atoms with Crippen molar-refractivity contribution in [2.45, 2.75) is 53.2 Å². The third kappa shape index (κ3) is 7.37. The van der Waals surface area contributed by atoms with Gasteiger partial charge >= 0.3 is 0 Å². The monoisotopic (exact) mass is 812 g/mol. The standard InChI is InChI=1S/C32H31ClI2N2O3S/c1-32(2,3)21-10-11-23-27(15-21)41-31(28(23)30(38)36-17-22-8-6-12-39-22)37-16-19-13-25(34)29(26(35)14-19)40-18-20-7-4-5-9-24(20)33/h4-9,12-14,16,21H,10-11,15,17-18H2,1-3H3,(H,36,38)/t21-/m1/s1. The number of halogens is 3. The fourth-order valence-electron chi connectivity index (χ4n) is 5.00. The van der Waals surface area contributed by atoms with Crippen LogP contribution in [0.4, 0.5) is 5.00 Å². The second-order valence-electron chi connectivity index (χ2n) is 11.2. The number of hydrogen-bond acceptors (Lipinski definition) is 5. The second kappa shape index (κ2) is 13.2. The molecule has 2 aromatic heterocycles. The van der Waals surface area contributed by atoms with E-state index in [4.69, 9.17) is 25.7 Å². The van der Waals surface area contributed by atoms with E-state index in [9.17, 15) is 4.79 Å². The van der Waals surface area contributed by atoms with Crippen LogP contribution in [0.25, 0.3) is 0 Å². The van der Waals surface area contributed by atoms with Crippen LogP contribution >= 0.6 is 68.1 Å². The largest absolute Gasteiger partial charge is 0.487 e. The maximum atomic E-state index is 13.5. The molecule has 0 bridgehead atoms. The second-order valence-corrected chi connectivity index (χ2v) is 15.0. The highest BCUT2D eigenvalue weighted by molar-refractivity contribution is 14.1. The third-order valence-corrected chi connectivity index (χ3v) is 10.5. The first-order chi connectivity index (χ1) is 19.6. The number of nitrogens with one attached hydrogen (secondary N) is 1. The van der Waals surface area contributed by atoms with Crippen molar-refractivity contribution >= 4 is 85.2 Å². The molecule has 1 aliphatic rings. The molecule has 0 spiro atoms. The number of thiophene rings is 1. The molecular formula is C32H31ClI2N2O3S. The molecule has 1 atom stereocenters. The lowest BCUT2D eigenvalue weighted by Gasteiger charge is -2.33. The summed E-state index contributed by atoms with van der Waals surface area (Å²) in [4.78, 5) is 19.7. The molecule has 2 heterocycles. The van der Waals surface area contributed by atoms with Crippen molar-refractivity contribution in [3.63, 3.8) is 0 Å². The molecule has 0 aliphatic heterocycles. The zero-order valence-corrected chi connectivity index (χ0v) is 29.0. The van der Waals surface area contributed by atoms with Crippen molar-refractivity contribution in [3.05, 3.63) is 99.8 Å². The number of amides is 1. The van der Waals surface area contributed by atoms with Gasteiger partial charge in [-0.25, -0.2) is 4.99 Å². The van der Waals surface area contributed by atoms with Crippen LogP contribution in [0.5, 0.6) is 5.75 Å². The van der Waals surface area contributed by atoms with Gasteiger partial charge < -0.3 is 14.5 Å². The summed E-state index contributed by atoms with van der Waals surface area (Å²) in [7, 11) is 0. The molecule has 2 aromatic carbocycles. The van der Waals surface area contributed by atoms with Gasteiger partial charge in [-0.1, -0.05) is 50.6 Å². The van der Waals surface area contributed by atoms with Crippen LogP contribution in [0.3, 0.4) is 0 Å². The van der Waals surface area contributed by atoms with E-state index in [1.54, 1.807) is 17.6 Å². The Bertz CT molecular complexity index is 1550. The predicted molar refractivity (Wildman–Crippen MR) is 184 cm³/mol. The molecule has 0 radical (unpaired) electrons. The van der Waals surface area contributed by atoms with Crippen LogP contribution in [0.15, 0.2) is 64.2 Å². The summed E-state index contributed by atoms with van der Waals surface area (Å²) in [5.74, 6) is 2.01. The van der Waals surface area contributed by atoms with Gasteiger partial charge in [0.05, 0.1) is 25.5 Å². The zero-order valence-electron chi connectivity index (χ0n) is 23.1. The summed E-state index contributed by atoms with van der Waals surface area (Å²) < 4.78 is 13.5. The molecule has 1 aliphatic carbocycles. The van der Waals surface area contributed by atoms with Crippen molar-refractivity contribution in [3.8, 4) is 5.75 Å². The van der Waals surface area contributed by atoms with Crippen molar-refractivity contribution < 1.29 is 13.9 Å². The number of carbonyl (C=O) groups excluding carboxylic acids is 1. The number of nitrogens with zero attached hydrogens (tertiary/aromatic N) is 1. The average Bonchev–Trinajstić information content (AvgIpc) is 3.58. The van der Waals surface area contributed by atoms with E-state index in [0.717, 1.165) is 59.6 Å². The number of rotatable bonds is 8. The summed E-state index contributed by atoms with van der Waals surface area (Å²) in [5, 5.41) is 4.49. The van der Waals surface area contributed by atoms with Gasteiger partial charge in [0.15, 0.2) is 0 Å². The van der Waals surface area contributed by atoms with E-state index in [2.05, 4.69) is 71.3 Å². The maximum Gasteiger partial charge on any atom is 0.255 e. The number of carbonyl (C=O) groups is 1. The lowest BCUT2D eigenvalue weighted by atomic mass is 9.72. The Morgan fingerprint density at radius 1 is 1.20 bits per heavy atom. The van der Waals surface area contributed by atoms with Crippen molar-refractivity contribution in [2.24, 2.45) is 16.3 Å². The summed E-state index contributed by atoms with van der Waals surface area (Å²) in [6, 6.07) is 15.5. The lowest BCUT2D eigenvalue weighted by Crippen LogP contribution is -2.28. The molecule has 5 nitrogen and oxygen atoms in total. The molecule has 0 unspecified atom stereocenters. The van der Waals surface area contributed by atoms with Gasteiger partial charge in [-0.3, -0.25) is 4.79 Å². The zero-order chi connectivity index (χ0) is 29.1. The van der Waals surface area contributed by atoms with Crippen LogP contribution in [0, 0.1) is 18.5 Å². The van der Waals surface area contributed by atoms with Crippen molar-refractivity contribution in [2.75, 3.05) is 0 Å². The number of furan rings is 1. The smallest absolute Gasteiger partial charge is 0.255 e. The van der Waals surface area contributed by atoms with Crippen LogP contribution in [-0.2, 0) is 26.0 Å². The Morgan fingerprint density at radius 3 is 2.63 bits per heavy atom. The van der Waals surface area contributed by atoms with Gasteiger partial charge in [0.2, 0.25) is 0 Å². The van der Waals surface area contributed by atoms with E-state index in [0.29, 0.717) is 29.7 Å². The fourth-order valence-corrected chi connectivity index (χ4v) is 8.58. The van der Waals surface area contributed by atoms with Gasteiger partial charge in [0.25, 0.3) is 5.91 Å². The molecule has 0 saturated heterocycles. The van der Waals surface area contributed by atoms with Gasteiger partial charge in [-0.15, -0.1) is 11.3 Å². The summed E-state index contributed by atoms with van der Waals surface area (Å²) in [6.45, 7) is 7.65. The summed E-state index contributed by atoms with van der Waals surface area (Å²) >= 11 is 12.5. The summed E-state index contributed by atoms with van der Waals surface area (Å²) in [5.41, 5.74) is 3.95. The topological polar surface area (TPSA) is 63.8 Å². The first-order valence-corrected chi connectivity index (χ1v) is 16.8. The van der Waals surface area contributed by atoms with Gasteiger partial charge in [0.1, 0.15) is 23.1 Å². The van der Waals surface area contributed by atoms with Crippen LogP contribution in [0.1, 0.15) is 64.9 Å². The Kier molecular flexibility index (Phi) is 9.82. The average molecular weight is 813 g/mol. The Labute approximate surface area is 277 Å². The lowest BCUT2D eigenvalue weighted by molar-refractivity contribution is 0.0947. The Hall–Kier alpha value is -1.89. The predicted octanol–water partition coefficient (Wildman–Crippen LogP) is 9.61. The number of ether oxygens (including phenoxy) is 1. The van der Waals surface area contributed by atoms with E-state index in [1.807, 2.05) is 54.7 Å². The summed E-state index contributed by atoms with van der Waals surface area (Å²) in [6.07, 6.45) is 6.40. The minimum Gasteiger partial charge on any atom is -0.487 e. The van der Waals surface area contributed by atoms with E-state index in [-0.39, 0.29) is 11.3 Å². The highest BCUT2D eigenvalue weighted by atomic mass is 127. The maximum absolute atomic E-state index is 13.5. The van der Waals surface area contributed by atoms with Gasteiger partial charge in [-0.05, 0) is 117 Å². The fraction of sp³-hybridized carbons (Fsp3) is 0.312. The number of aliphatic imine (C=N–C) groups is 1. The van der Waals surface area contributed by atoms with Crippen molar-refractivity contribution in [1.82, 2.24) is 5.32 Å². The molecule has 9 heteroatoms.